The Morgan fingerprint density at radius 3 is 1.09 bits per heavy atom. The molecular formula is C30H65NO3Si. The van der Waals surface area contributed by atoms with Gasteiger partial charge in [-0.2, -0.15) is 0 Å². The van der Waals surface area contributed by atoms with Crippen LogP contribution in [0.5, 0.6) is 0 Å². The van der Waals surface area contributed by atoms with Gasteiger partial charge in [0.2, 0.25) is 0 Å². The first-order chi connectivity index (χ1) is 17.3. The van der Waals surface area contributed by atoms with Crippen molar-refractivity contribution in [3.05, 3.63) is 0 Å². The fourth-order valence-electron chi connectivity index (χ4n) is 4.68. The molecule has 0 aliphatic rings. The molecule has 0 unspecified atom stereocenters. The van der Waals surface area contributed by atoms with Crippen LogP contribution in [0, 0.1) is 0 Å². The van der Waals surface area contributed by atoms with Gasteiger partial charge in [-0.25, -0.2) is 0 Å². The molecule has 212 valence electrons. The highest BCUT2D eigenvalue weighted by Gasteiger charge is 2.14. The van der Waals surface area contributed by atoms with Crippen LogP contribution in [-0.4, -0.2) is 53.9 Å². The molecule has 0 saturated carbocycles. The van der Waals surface area contributed by atoms with Crippen LogP contribution in [0.2, 0.25) is 0 Å². The summed E-state index contributed by atoms with van der Waals surface area (Å²) in [5.41, 5.74) is 0. The molecule has 0 aliphatic heterocycles. The molecule has 0 aliphatic carbocycles. The summed E-state index contributed by atoms with van der Waals surface area (Å²) in [7, 11) is -1.93. The predicted octanol–water partition coefficient (Wildman–Crippen LogP) is 8.94. The summed E-state index contributed by atoms with van der Waals surface area (Å²) < 4.78 is 17.4. The van der Waals surface area contributed by atoms with Gasteiger partial charge in [-0.15, -0.1) is 0 Å². The molecule has 0 radical (unpaired) electrons. The van der Waals surface area contributed by atoms with Crippen molar-refractivity contribution in [1.82, 2.24) is 4.90 Å². The van der Waals surface area contributed by atoms with Gasteiger partial charge >= 0.3 is 9.53 Å². The molecule has 0 N–H and O–H groups in total. The highest BCUT2D eigenvalue weighted by Crippen LogP contribution is 2.13. The number of hydrogen-bond donors (Lipinski definition) is 0. The number of rotatable bonds is 30. The standard InChI is InChI=1S/C30H65NO3Si/c1-5-9-11-13-15-17-19-21-23-25-27-31(29-30-34-35(32-7-3)33-8-4)28-26-24-22-20-18-16-14-12-10-6-2/h35H,5-30H2,1-4H3. The Balaban J connectivity index is 4.02. The summed E-state index contributed by atoms with van der Waals surface area (Å²) in [5, 5.41) is 0. The summed E-state index contributed by atoms with van der Waals surface area (Å²) >= 11 is 0. The zero-order valence-electron chi connectivity index (χ0n) is 24.6. The Morgan fingerprint density at radius 1 is 0.400 bits per heavy atom. The van der Waals surface area contributed by atoms with E-state index < -0.39 is 9.53 Å². The molecule has 0 saturated heterocycles. The zero-order valence-corrected chi connectivity index (χ0v) is 25.8. The van der Waals surface area contributed by atoms with Crippen molar-refractivity contribution in [2.24, 2.45) is 0 Å². The van der Waals surface area contributed by atoms with Crippen LogP contribution < -0.4 is 0 Å². The lowest BCUT2D eigenvalue weighted by molar-refractivity contribution is 0.0895. The maximum Gasteiger partial charge on any atom is 0.484 e. The monoisotopic (exact) mass is 515 g/mol. The van der Waals surface area contributed by atoms with Gasteiger partial charge in [-0.3, -0.25) is 0 Å². The number of unbranched alkanes of at least 4 members (excludes halogenated alkanes) is 18. The van der Waals surface area contributed by atoms with Gasteiger partial charge in [0.05, 0.1) is 6.61 Å². The second-order valence-electron chi connectivity index (χ2n) is 10.3. The summed E-state index contributed by atoms with van der Waals surface area (Å²) in [4.78, 5) is 2.64. The molecule has 35 heavy (non-hydrogen) atoms. The molecule has 0 fully saturated rings. The second-order valence-corrected chi connectivity index (χ2v) is 11.9. The van der Waals surface area contributed by atoms with Gasteiger partial charge in [0.25, 0.3) is 0 Å². The third-order valence-corrected chi connectivity index (χ3v) is 8.64. The Labute approximate surface area is 223 Å². The van der Waals surface area contributed by atoms with Crippen LogP contribution in [0.25, 0.3) is 0 Å². The molecule has 0 rings (SSSR count). The Morgan fingerprint density at radius 2 is 0.743 bits per heavy atom. The van der Waals surface area contributed by atoms with Crippen LogP contribution in [0.3, 0.4) is 0 Å². The van der Waals surface area contributed by atoms with E-state index in [4.69, 9.17) is 13.3 Å². The minimum absolute atomic E-state index is 0.678. The van der Waals surface area contributed by atoms with E-state index in [1.807, 2.05) is 13.8 Å². The predicted molar refractivity (Wildman–Crippen MR) is 156 cm³/mol. The Bertz CT molecular complexity index is 357. The molecule has 0 aromatic rings. The molecule has 0 heterocycles. The van der Waals surface area contributed by atoms with Crippen LogP contribution in [0.1, 0.15) is 156 Å². The SMILES string of the molecule is CCCCCCCCCCCCN(CCCCCCCCCCCC)CCO[SiH](OCC)OCC. The Kier molecular flexibility index (Phi) is 30.3. The molecule has 0 amide bonds. The van der Waals surface area contributed by atoms with Crippen molar-refractivity contribution in [1.29, 1.82) is 0 Å². The summed E-state index contributed by atoms with van der Waals surface area (Å²) in [6.45, 7) is 14.2. The fraction of sp³-hybridized carbons (Fsp3) is 1.00. The maximum absolute atomic E-state index is 6.01. The van der Waals surface area contributed by atoms with Crippen LogP contribution in [0.4, 0.5) is 0 Å². The topological polar surface area (TPSA) is 30.9 Å². The van der Waals surface area contributed by atoms with E-state index in [1.54, 1.807) is 0 Å². The van der Waals surface area contributed by atoms with E-state index in [0.717, 1.165) is 13.2 Å². The van der Waals surface area contributed by atoms with Crippen molar-refractivity contribution >= 4 is 9.53 Å². The highest BCUT2D eigenvalue weighted by atomic mass is 28.3. The van der Waals surface area contributed by atoms with E-state index in [1.165, 1.54) is 142 Å². The van der Waals surface area contributed by atoms with E-state index in [2.05, 4.69) is 18.7 Å². The van der Waals surface area contributed by atoms with E-state index in [-0.39, 0.29) is 0 Å². The first-order valence-corrected chi connectivity index (χ1v) is 17.3. The molecule has 4 nitrogen and oxygen atoms in total. The first kappa shape index (κ1) is 35.1. The minimum Gasteiger partial charge on any atom is -0.376 e. The second kappa shape index (κ2) is 30.3. The van der Waals surface area contributed by atoms with Gasteiger partial charge in [0.1, 0.15) is 0 Å². The quantitative estimate of drug-likeness (QED) is 0.0705. The lowest BCUT2D eigenvalue weighted by atomic mass is 10.1. The largest absolute Gasteiger partial charge is 0.484 e. The maximum atomic E-state index is 6.01. The molecular weight excluding hydrogens is 450 g/mol. The summed E-state index contributed by atoms with van der Waals surface area (Å²) in [5.74, 6) is 0. The molecule has 0 aromatic heterocycles. The molecule has 5 heteroatoms. The molecule has 0 atom stereocenters. The minimum atomic E-state index is -1.93. The zero-order chi connectivity index (χ0) is 25.7. The van der Waals surface area contributed by atoms with E-state index >= 15 is 0 Å². The molecule has 0 bridgehead atoms. The third-order valence-electron chi connectivity index (χ3n) is 6.92. The summed E-state index contributed by atoms with van der Waals surface area (Å²) in [6, 6.07) is 0. The third kappa shape index (κ3) is 26.9. The first-order valence-electron chi connectivity index (χ1n) is 15.9. The van der Waals surface area contributed by atoms with Crippen LogP contribution in [0.15, 0.2) is 0 Å². The van der Waals surface area contributed by atoms with Crippen LogP contribution >= 0.6 is 0 Å². The van der Waals surface area contributed by atoms with Crippen molar-refractivity contribution < 1.29 is 13.3 Å². The average Bonchev–Trinajstić information content (AvgIpc) is 2.86. The number of nitrogens with zero attached hydrogens (tertiary/aromatic N) is 1. The smallest absolute Gasteiger partial charge is 0.376 e. The van der Waals surface area contributed by atoms with Gasteiger partial charge in [-0.1, -0.05) is 129 Å². The van der Waals surface area contributed by atoms with Crippen LogP contribution in [-0.2, 0) is 13.3 Å². The van der Waals surface area contributed by atoms with Gasteiger partial charge in [-0.05, 0) is 39.8 Å². The summed E-state index contributed by atoms with van der Waals surface area (Å²) in [6.07, 6.45) is 28.0. The lowest BCUT2D eigenvalue weighted by Crippen LogP contribution is -2.34. The van der Waals surface area contributed by atoms with Gasteiger partial charge < -0.3 is 18.2 Å². The van der Waals surface area contributed by atoms with Crippen molar-refractivity contribution in [3.63, 3.8) is 0 Å². The van der Waals surface area contributed by atoms with Gasteiger partial charge in [0, 0.05) is 19.8 Å². The molecule has 0 aromatic carbocycles. The van der Waals surface area contributed by atoms with E-state index in [0.29, 0.717) is 13.2 Å². The normalized spacial score (nSPS) is 11.8. The fourth-order valence-corrected chi connectivity index (χ4v) is 5.81. The average molecular weight is 516 g/mol. The van der Waals surface area contributed by atoms with Gasteiger partial charge in [0.15, 0.2) is 0 Å². The van der Waals surface area contributed by atoms with E-state index in [9.17, 15) is 0 Å². The Hall–Kier alpha value is 0.0569. The molecule has 0 spiro atoms. The lowest BCUT2D eigenvalue weighted by Gasteiger charge is -2.23. The highest BCUT2D eigenvalue weighted by molar-refractivity contribution is 6.36. The number of hydrogen-bond acceptors (Lipinski definition) is 4. The van der Waals surface area contributed by atoms with Crippen molar-refractivity contribution in [2.75, 3.05) is 39.5 Å². The van der Waals surface area contributed by atoms with Crippen molar-refractivity contribution in [2.45, 2.75) is 156 Å². The van der Waals surface area contributed by atoms with Crippen molar-refractivity contribution in [3.8, 4) is 0 Å².